The number of H-pyrrole nitrogens is 1. The molecule has 1 N–H and O–H groups in total. The van der Waals surface area contributed by atoms with Crippen LogP contribution in [-0.2, 0) is 6.42 Å². The molecule has 2 nitrogen and oxygen atoms in total. The zero-order valence-electron chi connectivity index (χ0n) is 17.5. The van der Waals surface area contributed by atoms with E-state index in [1.165, 1.54) is 10.8 Å². The lowest BCUT2D eigenvalue weighted by Gasteiger charge is -2.15. The Kier molecular flexibility index (Phi) is 4.36. The molecule has 0 amide bonds. The fourth-order valence-electron chi connectivity index (χ4n) is 4.76. The SMILES string of the molecule is O=c1c(Cc2cccc3ccccc23)c(-c2cccc3ccccc23)[nH]c2ccccc12. The highest BCUT2D eigenvalue weighted by Crippen LogP contribution is 2.32. The van der Waals surface area contributed by atoms with Crippen molar-refractivity contribution >= 4 is 32.4 Å². The van der Waals surface area contributed by atoms with Crippen LogP contribution < -0.4 is 5.43 Å². The highest BCUT2D eigenvalue weighted by Gasteiger charge is 2.17. The van der Waals surface area contributed by atoms with Gasteiger partial charge in [0.2, 0.25) is 0 Å². The fourth-order valence-corrected chi connectivity index (χ4v) is 4.76. The predicted octanol–water partition coefficient (Wildman–Crippen LogP) is 7.09. The third-order valence-corrected chi connectivity index (χ3v) is 6.31. The van der Waals surface area contributed by atoms with Crippen LogP contribution in [0.4, 0.5) is 0 Å². The molecular weight excluding hydrogens is 390 g/mol. The number of hydrogen-bond acceptors (Lipinski definition) is 1. The Morgan fingerprint density at radius 1 is 0.562 bits per heavy atom. The van der Waals surface area contributed by atoms with Crippen molar-refractivity contribution in [3.05, 3.63) is 131 Å². The molecule has 6 rings (SSSR count). The molecule has 0 saturated carbocycles. The van der Waals surface area contributed by atoms with Gasteiger partial charge in [-0.25, -0.2) is 0 Å². The molecule has 2 heteroatoms. The largest absolute Gasteiger partial charge is 0.354 e. The van der Waals surface area contributed by atoms with Crippen molar-refractivity contribution in [3.8, 4) is 11.3 Å². The predicted molar refractivity (Wildman–Crippen MR) is 134 cm³/mol. The first-order valence-electron chi connectivity index (χ1n) is 10.9. The van der Waals surface area contributed by atoms with Crippen molar-refractivity contribution in [1.29, 1.82) is 0 Å². The van der Waals surface area contributed by atoms with Crippen LogP contribution in [0, 0.1) is 0 Å². The number of nitrogens with one attached hydrogen (secondary N) is 1. The fraction of sp³-hybridized carbons (Fsp3) is 0.0333. The average molecular weight is 412 g/mol. The Hall–Kier alpha value is -4.17. The van der Waals surface area contributed by atoms with Crippen LogP contribution >= 0.6 is 0 Å². The Bertz CT molecular complexity index is 1670. The number of hydrogen-bond donors (Lipinski definition) is 1. The van der Waals surface area contributed by atoms with Gasteiger partial charge in [-0.2, -0.15) is 0 Å². The van der Waals surface area contributed by atoms with Gasteiger partial charge in [0.1, 0.15) is 0 Å². The van der Waals surface area contributed by atoms with Gasteiger partial charge in [-0.1, -0.05) is 97.1 Å². The topological polar surface area (TPSA) is 32.9 Å². The number of rotatable bonds is 3. The van der Waals surface area contributed by atoms with E-state index in [-0.39, 0.29) is 5.43 Å². The van der Waals surface area contributed by atoms with Crippen molar-refractivity contribution < 1.29 is 0 Å². The molecule has 6 aromatic rings. The number of para-hydroxylation sites is 1. The Labute approximate surface area is 185 Å². The van der Waals surface area contributed by atoms with Crippen molar-refractivity contribution in [2.45, 2.75) is 6.42 Å². The first kappa shape index (κ1) is 18.6. The van der Waals surface area contributed by atoms with E-state index in [2.05, 4.69) is 83.8 Å². The van der Waals surface area contributed by atoms with Gasteiger partial charge in [0.05, 0.1) is 5.69 Å². The maximum atomic E-state index is 13.8. The zero-order valence-corrected chi connectivity index (χ0v) is 17.5. The Balaban J connectivity index is 1.67. The van der Waals surface area contributed by atoms with Gasteiger partial charge in [-0.15, -0.1) is 0 Å². The van der Waals surface area contributed by atoms with Crippen LogP contribution in [0.15, 0.2) is 114 Å². The smallest absolute Gasteiger partial charge is 0.193 e. The minimum atomic E-state index is 0.0928. The molecule has 1 heterocycles. The van der Waals surface area contributed by atoms with Crippen molar-refractivity contribution in [3.63, 3.8) is 0 Å². The molecule has 0 radical (unpaired) electrons. The molecule has 0 spiro atoms. The molecule has 0 atom stereocenters. The summed E-state index contributed by atoms with van der Waals surface area (Å²) < 4.78 is 0. The lowest BCUT2D eigenvalue weighted by atomic mass is 9.92. The molecule has 5 aromatic carbocycles. The molecule has 0 saturated heterocycles. The van der Waals surface area contributed by atoms with Crippen LogP contribution in [0.25, 0.3) is 43.7 Å². The molecule has 0 aliphatic heterocycles. The summed E-state index contributed by atoms with van der Waals surface area (Å²) in [6.45, 7) is 0. The maximum absolute atomic E-state index is 13.8. The van der Waals surface area contributed by atoms with Gasteiger partial charge in [-0.05, 0) is 39.2 Å². The number of aromatic amines is 1. The summed E-state index contributed by atoms with van der Waals surface area (Å²) in [5, 5.41) is 5.40. The maximum Gasteiger partial charge on any atom is 0.193 e. The Morgan fingerprint density at radius 2 is 1.16 bits per heavy atom. The number of pyridine rings is 1. The molecule has 152 valence electrons. The summed E-state index contributed by atoms with van der Waals surface area (Å²) in [5.41, 5.74) is 4.87. The van der Waals surface area contributed by atoms with E-state index in [9.17, 15) is 4.79 Å². The second-order valence-corrected chi connectivity index (χ2v) is 8.20. The van der Waals surface area contributed by atoms with E-state index in [1.54, 1.807) is 0 Å². The molecule has 0 aliphatic carbocycles. The minimum Gasteiger partial charge on any atom is -0.354 e. The van der Waals surface area contributed by atoms with E-state index in [1.807, 2.05) is 30.3 Å². The zero-order chi connectivity index (χ0) is 21.5. The van der Waals surface area contributed by atoms with Crippen LogP contribution in [0.5, 0.6) is 0 Å². The summed E-state index contributed by atoms with van der Waals surface area (Å²) in [6.07, 6.45) is 0.570. The normalized spacial score (nSPS) is 11.4. The van der Waals surface area contributed by atoms with Crippen molar-refractivity contribution in [1.82, 2.24) is 4.98 Å². The van der Waals surface area contributed by atoms with E-state index in [0.29, 0.717) is 6.42 Å². The molecular formula is C30H21NO. The summed E-state index contributed by atoms with van der Waals surface area (Å²) >= 11 is 0. The number of fused-ring (bicyclic) bond motifs is 3. The second-order valence-electron chi connectivity index (χ2n) is 8.20. The number of benzene rings is 5. The summed E-state index contributed by atoms with van der Waals surface area (Å²) in [6, 6.07) is 37.1. The van der Waals surface area contributed by atoms with Crippen molar-refractivity contribution in [2.75, 3.05) is 0 Å². The first-order valence-corrected chi connectivity index (χ1v) is 10.9. The minimum absolute atomic E-state index is 0.0928. The average Bonchev–Trinajstić information content (AvgIpc) is 2.85. The quantitative estimate of drug-likeness (QED) is 0.331. The number of aromatic nitrogens is 1. The standard InChI is InChI=1S/C30H21NO/c32-30-26-16-5-6-18-28(26)31-29(25-17-8-12-21-10-2-4-15-24(21)25)27(30)19-22-13-7-11-20-9-1-3-14-23(20)22/h1-18H,19H2,(H,31,32). The van der Waals surface area contributed by atoms with Gasteiger partial charge in [0.15, 0.2) is 5.43 Å². The monoisotopic (exact) mass is 411 g/mol. The van der Waals surface area contributed by atoms with Crippen LogP contribution in [0.2, 0.25) is 0 Å². The van der Waals surface area contributed by atoms with Gasteiger partial charge in [0, 0.05) is 28.5 Å². The lowest BCUT2D eigenvalue weighted by molar-refractivity contribution is 1.16. The van der Waals surface area contributed by atoms with Crippen LogP contribution in [0.1, 0.15) is 11.1 Å². The highest BCUT2D eigenvalue weighted by molar-refractivity contribution is 5.98. The van der Waals surface area contributed by atoms with Gasteiger partial charge < -0.3 is 4.98 Å². The molecule has 1 aromatic heterocycles. The molecule has 0 unspecified atom stereocenters. The molecule has 0 bridgehead atoms. The second kappa shape index (κ2) is 7.51. The third kappa shape index (κ3) is 3.00. The van der Waals surface area contributed by atoms with Gasteiger partial charge in [-0.3, -0.25) is 4.79 Å². The Morgan fingerprint density at radius 3 is 1.97 bits per heavy atom. The van der Waals surface area contributed by atoms with Crippen LogP contribution in [0.3, 0.4) is 0 Å². The first-order chi connectivity index (χ1) is 15.8. The van der Waals surface area contributed by atoms with Gasteiger partial charge in [0.25, 0.3) is 0 Å². The summed E-state index contributed by atoms with van der Waals surface area (Å²) in [5.74, 6) is 0. The van der Waals surface area contributed by atoms with E-state index in [4.69, 9.17) is 0 Å². The van der Waals surface area contributed by atoms with Gasteiger partial charge >= 0.3 is 0 Å². The van der Waals surface area contributed by atoms with E-state index in [0.717, 1.165) is 44.1 Å². The van der Waals surface area contributed by atoms with Crippen molar-refractivity contribution in [2.24, 2.45) is 0 Å². The highest BCUT2D eigenvalue weighted by atomic mass is 16.1. The van der Waals surface area contributed by atoms with Crippen LogP contribution in [-0.4, -0.2) is 4.98 Å². The summed E-state index contributed by atoms with van der Waals surface area (Å²) in [4.78, 5) is 17.4. The molecule has 0 aliphatic rings. The summed E-state index contributed by atoms with van der Waals surface area (Å²) in [7, 11) is 0. The lowest BCUT2D eigenvalue weighted by Crippen LogP contribution is -2.14. The third-order valence-electron chi connectivity index (χ3n) is 6.31. The molecule has 32 heavy (non-hydrogen) atoms. The van der Waals surface area contributed by atoms with E-state index >= 15 is 0 Å². The van der Waals surface area contributed by atoms with E-state index < -0.39 is 0 Å². The molecule has 0 fully saturated rings.